The number of carbonyl (C=O) groups is 2. The summed E-state index contributed by atoms with van der Waals surface area (Å²) in [5.74, 6) is -1.06. The van der Waals surface area contributed by atoms with Crippen LogP contribution in [0.1, 0.15) is 106 Å². The van der Waals surface area contributed by atoms with Gasteiger partial charge in [-0.25, -0.2) is 0 Å². The fourth-order valence-corrected chi connectivity index (χ4v) is 18.8. The van der Waals surface area contributed by atoms with Crippen LogP contribution in [0.25, 0.3) is 0 Å². The van der Waals surface area contributed by atoms with Crippen LogP contribution >= 0.6 is 0 Å². The lowest BCUT2D eigenvalue weighted by molar-refractivity contribution is -0.397. The zero-order valence-electron chi connectivity index (χ0n) is 56.4. The number of hydrogen-bond acceptors (Lipinski definition) is 32. The van der Waals surface area contributed by atoms with Crippen molar-refractivity contribution in [3.05, 3.63) is 23.8 Å². The lowest BCUT2D eigenvalue weighted by Gasteiger charge is -2.63. The summed E-state index contributed by atoms with van der Waals surface area (Å²) >= 11 is 0. The minimum Gasteiger partial charge on any atom is -0.458 e. The van der Waals surface area contributed by atoms with Crippen molar-refractivity contribution >= 4 is 11.8 Å². The Bertz CT molecular complexity index is 2820. The molecule has 11 aliphatic rings. The smallest absolute Gasteiger partial charge is 0.314 e. The third-order valence-electron chi connectivity index (χ3n) is 24.1. The van der Waals surface area contributed by atoms with E-state index in [1.165, 1.54) is 19.6 Å². The van der Waals surface area contributed by atoms with Gasteiger partial charge in [0.05, 0.1) is 56.6 Å². The van der Waals surface area contributed by atoms with Crippen molar-refractivity contribution in [1.82, 2.24) is 0 Å². The lowest BCUT2D eigenvalue weighted by Crippen LogP contribution is -2.67. The van der Waals surface area contributed by atoms with Crippen molar-refractivity contribution < 1.29 is 158 Å². The van der Waals surface area contributed by atoms with Gasteiger partial charge >= 0.3 is 5.97 Å². The second-order valence-electron chi connectivity index (χ2n) is 30.4. The molecule has 7 saturated heterocycles. The number of aliphatic hydroxyl groups is 16. The molecule has 11 rings (SSSR count). The van der Waals surface area contributed by atoms with E-state index in [-0.39, 0.29) is 30.0 Å². The zero-order chi connectivity index (χ0) is 71.4. The van der Waals surface area contributed by atoms with E-state index in [0.717, 1.165) is 18.4 Å². The van der Waals surface area contributed by atoms with Crippen LogP contribution in [0.3, 0.4) is 0 Å². The number of carbonyl (C=O) groups excluding carboxylic acids is 2. The van der Waals surface area contributed by atoms with Crippen LogP contribution in [-0.2, 0) is 75.9 Å². The first-order chi connectivity index (χ1) is 46.2. The number of methoxy groups -OCH3 is 1. The molecular formula is C66H104O32. The van der Waals surface area contributed by atoms with Gasteiger partial charge in [0.15, 0.2) is 37.7 Å². The van der Waals surface area contributed by atoms with Crippen molar-refractivity contribution in [3.63, 3.8) is 0 Å². The van der Waals surface area contributed by atoms with Crippen molar-refractivity contribution in [2.45, 2.75) is 296 Å². The molecule has 32 nitrogen and oxygen atoms in total. The van der Waals surface area contributed by atoms with Gasteiger partial charge < -0.3 is 148 Å². The van der Waals surface area contributed by atoms with E-state index in [2.05, 4.69) is 40.3 Å². The van der Waals surface area contributed by atoms with Gasteiger partial charge in [0.1, 0.15) is 146 Å². The number of rotatable bonds is 21. The van der Waals surface area contributed by atoms with Crippen molar-refractivity contribution in [2.75, 3.05) is 40.1 Å². The average molecular weight is 1410 g/mol. The van der Waals surface area contributed by atoms with Crippen LogP contribution in [0.2, 0.25) is 0 Å². The summed E-state index contributed by atoms with van der Waals surface area (Å²) in [5, 5.41) is 177. The average Bonchev–Trinajstić information content (AvgIpc) is 1.46. The molecular weight excluding hydrogens is 1300 g/mol. The molecule has 2 unspecified atom stereocenters. The van der Waals surface area contributed by atoms with E-state index >= 15 is 0 Å². The van der Waals surface area contributed by atoms with Crippen LogP contribution in [-0.4, -0.2) is 323 Å². The highest BCUT2D eigenvalue weighted by Crippen LogP contribution is 2.75. The third kappa shape index (κ3) is 13.0. The summed E-state index contributed by atoms with van der Waals surface area (Å²) in [5.41, 5.74) is -1.66. The molecule has 0 aromatic rings. The zero-order valence-corrected chi connectivity index (χ0v) is 56.4. The van der Waals surface area contributed by atoms with Crippen LogP contribution in [0.4, 0.5) is 0 Å². The predicted molar refractivity (Wildman–Crippen MR) is 326 cm³/mol. The number of hydrogen-bond donors (Lipinski definition) is 16. The molecule has 16 N–H and O–H groups in total. The number of cyclic esters (lactones) is 1. The monoisotopic (exact) mass is 1410 g/mol. The molecule has 560 valence electrons. The Morgan fingerprint density at radius 2 is 1.06 bits per heavy atom. The van der Waals surface area contributed by atoms with Crippen LogP contribution in [0, 0.1) is 39.4 Å². The predicted octanol–water partition coefficient (Wildman–Crippen LogP) is -4.56. The molecule has 1 spiro atoms. The van der Waals surface area contributed by atoms with E-state index in [4.69, 9.17) is 66.3 Å². The maximum atomic E-state index is 14.6. The summed E-state index contributed by atoms with van der Waals surface area (Å²) < 4.78 is 84.4. The third-order valence-corrected chi connectivity index (χ3v) is 24.1. The SMILES string of the molecule is C=C(C)CCC[C@]1(C)OC(=O)[C@]23CC=C4C(CCC5C(C)(C)[C@@H](O[C@@H]6OC[C@@H](O[C@@H]7O[C@H](CO)[C@@H](O)[C@H](O[C@@H]8O[C@H](CO)[C@@H](O)[C@H](OC)[C@H]8O)[C@H]7O)[C@H](O)[C@H]6O[C@@H]6O[C@H](C)[C@@H](O[C@@H]7O[C@H](CO)[C@@H](O)[C@H](O[C@@H]8O[C@H](CO)[C@@H](O)[C@H](O)[C@H]8O)[C@H]7O)[C@H](O)[C@H]6O)CC[C@]45C)[C@]2(C)CC(=O)[C@@H]31. The quantitative estimate of drug-likeness (QED) is 0.0292. The van der Waals surface area contributed by atoms with Gasteiger partial charge in [0.25, 0.3) is 0 Å². The molecule has 98 heavy (non-hydrogen) atoms. The highest BCUT2D eigenvalue weighted by Gasteiger charge is 2.79. The van der Waals surface area contributed by atoms with Crippen molar-refractivity contribution in [3.8, 4) is 0 Å². The molecule has 0 radical (unpaired) electrons. The van der Waals surface area contributed by atoms with E-state index in [9.17, 15) is 91.3 Å². The first kappa shape index (κ1) is 76.6. The maximum Gasteiger partial charge on any atom is 0.314 e. The van der Waals surface area contributed by atoms with Gasteiger partial charge in [-0.3, -0.25) is 9.59 Å². The first-order valence-corrected chi connectivity index (χ1v) is 34.3. The molecule has 4 aliphatic carbocycles. The summed E-state index contributed by atoms with van der Waals surface area (Å²) in [6, 6.07) is 0. The van der Waals surface area contributed by atoms with E-state index in [0.29, 0.717) is 38.5 Å². The number of allylic oxidation sites excluding steroid dienone is 3. The number of esters is 1. The highest BCUT2D eigenvalue weighted by atomic mass is 16.8. The molecule has 3 saturated carbocycles. The Morgan fingerprint density at radius 3 is 1.62 bits per heavy atom. The second-order valence-corrected chi connectivity index (χ2v) is 30.4. The van der Waals surface area contributed by atoms with Crippen LogP contribution < -0.4 is 0 Å². The standard InChI is InChI=1S/C66H104O32/c1-25(2)11-10-16-65(8)54-29(71)19-64(7)28-12-13-35-62(4,5)36(15-17-63(35,6)27(28)14-18-66(54,64)61(84)98-65)93-60-53(41(76)34(24-86-60)92-57-47(82)51(39(74)32(22-69)89-57)96-58-46(81)50(85-9)38(73)31(21-68)90-58)97-55-45(80)43(78)49(26(3)87-55)94-59-48(83)52(40(75)33(23-70)91-59)95-56-44(79)42(77)37(72)30(20-67)88-56/h14,26,28,30-60,67-70,72-83H,1,10-13,15-24H2,2-9H3/t26-,28?,30-,31-,32-,33-,34-,35?,36+,37-,38-,39-,40-,41+,42+,43-,44-,45-,46-,47-,48-,49-,50+,51+,52+,53-,54-,55+,56+,57+,58+,59+,60+,63-,64+,65+,66-/m1/s1. The van der Waals surface area contributed by atoms with Gasteiger partial charge in [-0.2, -0.15) is 0 Å². The molecule has 7 heterocycles. The molecule has 0 aromatic carbocycles. The number of ketones is 1. The molecule has 10 fully saturated rings. The number of fused-ring (bicyclic) bond motifs is 4. The second kappa shape index (κ2) is 29.4. The minimum absolute atomic E-state index is 0.0456. The molecule has 0 amide bonds. The molecule has 37 atom stereocenters. The fourth-order valence-electron chi connectivity index (χ4n) is 18.8. The van der Waals surface area contributed by atoms with E-state index < -0.39 is 250 Å². The Hall–Kier alpha value is -2.54. The minimum atomic E-state index is -2.10. The molecule has 0 aromatic heterocycles. The van der Waals surface area contributed by atoms with Crippen LogP contribution in [0.5, 0.6) is 0 Å². The fraction of sp³-hybridized carbons (Fsp3) is 0.909. The summed E-state index contributed by atoms with van der Waals surface area (Å²) in [6.45, 7) is 13.9. The Balaban J connectivity index is 0.837. The number of Topliss-reactive ketones (excluding diaryl/α,β-unsaturated/α-hetero) is 1. The maximum absolute atomic E-state index is 14.6. The largest absolute Gasteiger partial charge is 0.458 e. The first-order valence-electron chi connectivity index (χ1n) is 34.3. The number of ether oxygens (including phenoxy) is 14. The van der Waals surface area contributed by atoms with Gasteiger partial charge in [0.2, 0.25) is 0 Å². The summed E-state index contributed by atoms with van der Waals surface area (Å²) in [4.78, 5) is 29.1. The topological polar surface area (TPSA) is 487 Å². The van der Waals surface area contributed by atoms with Crippen LogP contribution in [0.15, 0.2) is 23.8 Å². The van der Waals surface area contributed by atoms with Crippen molar-refractivity contribution in [1.29, 1.82) is 0 Å². The van der Waals surface area contributed by atoms with E-state index in [1.54, 1.807) is 0 Å². The van der Waals surface area contributed by atoms with E-state index in [1.807, 2.05) is 13.8 Å². The van der Waals surface area contributed by atoms with Crippen molar-refractivity contribution in [2.24, 2.45) is 39.4 Å². The summed E-state index contributed by atoms with van der Waals surface area (Å²) in [6.07, 6.45) is -44.4. The lowest BCUT2D eigenvalue weighted by atomic mass is 9.41. The molecule has 0 bridgehead atoms. The number of aliphatic hydroxyl groups excluding tert-OH is 16. The van der Waals surface area contributed by atoms with Gasteiger partial charge in [-0.15, -0.1) is 6.58 Å². The highest BCUT2D eigenvalue weighted by molar-refractivity contribution is 5.99. The van der Waals surface area contributed by atoms with Gasteiger partial charge in [-0.1, -0.05) is 44.9 Å². The Labute approximate surface area is 567 Å². The Kier molecular flexibility index (Phi) is 23.0. The van der Waals surface area contributed by atoms with Gasteiger partial charge in [-0.05, 0) is 100 Å². The molecule has 7 aliphatic heterocycles. The molecule has 32 heteroatoms. The Morgan fingerprint density at radius 1 is 0.561 bits per heavy atom. The summed E-state index contributed by atoms with van der Waals surface area (Å²) in [7, 11) is 1.18. The van der Waals surface area contributed by atoms with Gasteiger partial charge in [0, 0.05) is 13.5 Å². The normalized spacial score (nSPS) is 52.5.